The van der Waals surface area contributed by atoms with Crippen molar-refractivity contribution in [1.29, 1.82) is 0 Å². The summed E-state index contributed by atoms with van der Waals surface area (Å²) in [6.07, 6.45) is 0. The second-order valence-corrected chi connectivity index (χ2v) is 3.56. The zero-order valence-corrected chi connectivity index (χ0v) is 9.03. The van der Waals surface area contributed by atoms with Crippen LogP contribution in [0.3, 0.4) is 0 Å². The summed E-state index contributed by atoms with van der Waals surface area (Å²) < 4.78 is 4.80. The Kier molecular flexibility index (Phi) is 4.05. The maximum Gasteiger partial charge on any atom is 0.242 e. The van der Waals surface area contributed by atoms with Crippen molar-refractivity contribution in [2.24, 2.45) is 5.73 Å². The molecule has 1 aliphatic rings. The van der Waals surface area contributed by atoms with E-state index in [9.17, 15) is 9.59 Å². The van der Waals surface area contributed by atoms with E-state index in [1.165, 1.54) is 12.0 Å². The standard InChI is InChI=1S/C9H17N3O3/c1-6-8(13)11-3-4-12(6)9(14)7(10)5-15-2/h6-7H,3-5,10H2,1-2H3,(H,11,13). The van der Waals surface area contributed by atoms with E-state index in [1.54, 1.807) is 6.92 Å². The number of nitrogens with one attached hydrogen (secondary N) is 1. The number of methoxy groups -OCH3 is 1. The lowest BCUT2D eigenvalue weighted by Crippen LogP contribution is -2.59. The van der Waals surface area contributed by atoms with Gasteiger partial charge in [0.25, 0.3) is 0 Å². The molecule has 1 fully saturated rings. The van der Waals surface area contributed by atoms with Crippen molar-refractivity contribution in [1.82, 2.24) is 10.2 Å². The number of nitrogens with zero attached hydrogens (tertiary/aromatic N) is 1. The maximum atomic E-state index is 11.8. The van der Waals surface area contributed by atoms with Crippen LogP contribution in [-0.2, 0) is 14.3 Å². The molecular weight excluding hydrogens is 198 g/mol. The molecule has 0 saturated carbocycles. The Morgan fingerprint density at radius 3 is 3.07 bits per heavy atom. The van der Waals surface area contributed by atoms with Crippen LogP contribution in [0.15, 0.2) is 0 Å². The van der Waals surface area contributed by atoms with Gasteiger partial charge in [0.1, 0.15) is 12.1 Å². The van der Waals surface area contributed by atoms with Crippen LogP contribution in [0.25, 0.3) is 0 Å². The van der Waals surface area contributed by atoms with E-state index in [2.05, 4.69) is 5.32 Å². The van der Waals surface area contributed by atoms with Crippen LogP contribution >= 0.6 is 0 Å². The Bertz CT molecular complexity index is 257. The molecule has 2 unspecified atom stereocenters. The monoisotopic (exact) mass is 215 g/mol. The summed E-state index contributed by atoms with van der Waals surface area (Å²) in [5.41, 5.74) is 5.62. The molecule has 1 rings (SSSR count). The molecule has 1 aliphatic heterocycles. The van der Waals surface area contributed by atoms with Gasteiger partial charge in [-0.25, -0.2) is 0 Å². The van der Waals surface area contributed by atoms with Crippen molar-refractivity contribution in [3.05, 3.63) is 0 Å². The lowest BCUT2D eigenvalue weighted by molar-refractivity contribution is -0.144. The zero-order chi connectivity index (χ0) is 11.4. The molecular formula is C9H17N3O3. The molecule has 0 bridgehead atoms. The zero-order valence-electron chi connectivity index (χ0n) is 9.03. The average molecular weight is 215 g/mol. The topological polar surface area (TPSA) is 84.7 Å². The average Bonchev–Trinajstić information content (AvgIpc) is 2.21. The summed E-state index contributed by atoms with van der Waals surface area (Å²) in [7, 11) is 1.49. The van der Waals surface area contributed by atoms with Gasteiger partial charge in [-0.05, 0) is 6.92 Å². The highest BCUT2D eigenvalue weighted by molar-refractivity contribution is 5.90. The molecule has 0 aromatic carbocycles. The van der Waals surface area contributed by atoms with Gasteiger partial charge in [-0.15, -0.1) is 0 Å². The second kappa shape index (κ2) is 5.09. The number of hydrogen-bond acceptors (Lipinski definition) is 4. The molecule has 0 spiro atoms. The smallest absolute Gasteiger partial charge is 0.242 e. The fraction of sp³-hybridized carbons (Fsp3) is 0.778. The lowest BCUT2D eigenvalue weighted by atomic mass is 10.1. The minimum Gasteiger partial charge on any atom is -0.383 e. The van der Waals surface area contributed by atoms with Gasteiger partial charge in [-0.3, -0.25) is 9.59 Å². The molecule has 15 heavy (non-hydrogen) atoms. The number of rotatable bonds is 3. The van der Waals surface area contributed by atoms with Crippen molar-refractivity contribution in [3.63, 3.8) is 0 Å². The third-order valence-electron chi connectivity index (χ3n) is 2.45. The predicted molar refractivity (Wildman–Crippen MR) is 54.0 cm³/mol. The Hall–Kier alpha value is -1.14. The van der Waals surface area contributed by atoms with Gasteiger partial charge < -0.3 is 20.7 Å². The van der Waals surface area contributed by atoms with Crippen LogP contribution < -0.4 is 11.1 Å². The van der Waals surface area contributed by atoms with Gasteiger partial charge in [0.15, 0.2) is 0 Å². The molecule has 3 N–H and O–H groups in total. The van der Waals surface area contributed by atoms with E-state index < -0.39 is 12.1 Å². The fourth-order valence-electron chi connectivity index (χ4n) is 1.55. The molecule has 1 saturated heterocycles. The quantitative estimate of drug-likeness (QED) is 0.588. The van der Waals surface area contributed by atoms with Gasteiger partial charge in [0, 0.05) is 20.2 Å². The fourth-order valence-corrected chi connectivity index (χ4v) is 1.55. The van der Waals surface area contributed by atoms with E-state index in [1.807, 2.05) is 0 Å². The molecule has 2 amide bonds. The number of carbonyl (C=O) groups is 2. The first kappa shape index (κ1) is 11.9. The van der Waals surface area contributed by atoms with Crippen LogP contribution in [0.4, 0.5) is 0 Å². The number of ether oxygens (including phenoxy) is 1. The first-order valence-corrected chi connectivity index (χ1v) is 4.90. The normalized spacial score (nSPS) is 23.5. The van der Waals surface area contributed by atoms with E-state index >= 15 is 0 Å². The van der Waals surface area contributed by atoms with E-state index in [0.29, 0.717) is 13.1 Å². The highest BCUT2D eigenvalue weighted by atomic mass is 16.5. The summed E-state index contributed by atoms with van der Waals surface area (Å²) >= 11 is 0. The minimum atomic E-state index is -0.691. The van der Waals surface area contributed by atoms with Crippen molar-refractivity contribution >= 4 is 11.8 Å². The highest BCUT2D eigenvalue weighted by Gasteiger charge is 2.31. The van der Waals surface area contributed by atoms with E-state index in [-0.39, 0.29) is 18.4 Å². The molecule has 86 valence electrons. The van der Waals surface area contributed by atoms with Gasteiger partial charge in [-0.1, -0.05) is 0 Å². The summed E-state index contributed by atoms with van der Waals surface area (Å²) in [4.78, 5) is 24.6. The van der Waals surface area contributed by atoms with Gasteiger partial charge in [0.05, 0.1) is 6.61 Å². The molecule has 0 aromatic heterocycles. The Morgan fingerprint density at radius 2 is 2.47 bits per heavy atom. The summed E-state index contributed by atoms with van der Waals surface area (Å²) in [6, 6.07) is -1.14. The van der Waals surface area contributed by atoms with Gasteiger partial charge in [0.2, 0.25) is 11.8 Å². The second-order valence-electron chi connectivity index (χ2n) is 3.56. The highest BCUT2D eigenvalue weighted by Crippen LogP contribution is 2.05. The summed E-state index contributed by atoms with van der Waals surface area (Å²) in [5, 5.41) is 2.68. The molecule has 0 radical (unpaired) electrons. The van der Waals surface area contributed by atoms with Crippen molar-refractivity contribution in [2.45, 2.75) is 19.0 Å². The predicted octanol–water partition coefficient (Wildman–Crippen LogP) is -1.69. The van der Waals surface area contributed by atoms with Gasteiger partial charge >= 0.3 is 0 Å². The largest absolute Gasteiger partial charge is 0.383 e. The Balaban J connectivity index is 2.61. The Morgan fingerprint density at radius 1 is 1.80 bits per heavy atom. The third kappa shape index (κ3) is 2.66. The molecule has 0 aliphatic carbocycles. The van der Waals surface area contributed by atoms with Crippen LogP contribution in [0, 0.1) is 0 Å². The van der Waals surface area contributed by atoms with Crippen molar-refractivity contribution < 1.29 is 14.3 Å². The Labute approximate surface area is 88.7 Å². The minimum absolute atomic E-state index is 0.140. The van der Waals surface area contributed by atoms with Gasteiger partial charge in [-0.2, -0.15) is 0 Å². The van der Waals surface area contributed by atoms with Crippen molar-refractivity contribution in [2.75, 3.05) is 26.8 Å². The van der Waals surface area contributed by atoms with Crippen LogP contribution in [0.5, 0.6) is 0 Å². The number of carbonyl (C=O) groups excluding carboxylic acids is 2. The van der Waals surface area contributed by atoms with Crippen LogP contribution in [0.2, 0.25) is 0 Å². The maximum absolute atomic E-state index is 11.8. The van der Waals surface area contributed by atoms with Crippen LogP contribution in [-0.4, -0.2) is 55.6 Å². The molecule has 1 heterocycles. The molecule has 0 aromatic rings. The summed E-state index contributed by atoms with van der Waals surface area (Å²) in [5.74, 6) is -0.376. The number of nitrogens with two attached hydrogens (primary N) is 1. The summed E-state index contributed by atoms with van der Waals surface area (Å²) in [6.45, 7) is 2.84. The molecule has 6 heteroatoms. The molecule has 6 nitrogen and oxygen atoms in total. The third-order valence-corrected chi connectivity index (χ3v) is 2.45. The molecule has 2 atom stereocenters. The first-order chi connectivity index (χ1) is 7.07. The first-order valence-electron chi connectivity index (χ1n) is 4.90. The van der Waals surface area contributed by atoms with Crippen LogP contribution in [0.1, 0.15) is 6.92 Å². The number of amides is 2. The van der Waals surface area contributed by atoms with Crippen molar-refractivity contribution in [3.8, 4) is 0 Å². The SMILES string of the molecule is COCC(N)C(=O)N1CCNC(=O)C1C. The van der Waals surface area contributed by atoms with E-state index in [0.717, 1.165) is 0 Å². The number of piperazine rings is 1. The lowest BCUT2D eigenvalue weighted by Gasteiger charge is -2.34. The van der Waals surface area contributed by atoms with E-state index in [4.69, 9.17) is 10.5 Å². The number of hydrogen-bond donors (Lipinski definition) is 2.